The fourth-order valence-corrected chi connectivity index (χ4v) is 0.575. The van der Waals surface area contributed by atoms with Crippen LogP contribution in [0.3, 0.4) is 0 Å². The molecule has 3 heteroatoms. The molecule has 48 valence electrons. The van der Waals surface area contributed by atoms with E-state index in [-0.39, 0.29) is 21.1 Å². The van der Waals surface area contributed by atoms with Gasteiger partial charge in [-0.05, 0) is 12.1 Å². The Bertz CT molecular complexity index is 154. The van der Waals surface area contributed by atoms with E-state index in [1.807, 2.05) is 18.2 Å². The van der Waals surface area contributed by atoms with Crippen molar-refractivity contribution in [2.24, 2.45) is 0 Å². The van der Waals surface area contributed by atoms with Crippen molar-refractivity contribution < 1.29 is 25.4 Å². The van der Waals surface area contributed by atoms with Gasteiger partial charge in [-0.2, -0.15) is 0 Å². The first-order valence-electron chi connectivity index (χ1n) is 2.27. The molecular weight excluding hydrogens is 307 g/mol. The van der Waals surface area contributed by atoms with E-state index in [0.29, 0.717) is 5.75 Å². The molecule has 1 aromatic carbocycles. The molecule has 0 atom stereocenters. The largest absolute Gasteiger partial charge is 0.386 e. The van der Waals surface area contributed by atoms with Gasteiger partial charge in [0.05, 0.1) is 0 Å². The summed E-state index contributed by atoms with van der Waals surface area (Å²) < 4.78 is 4.39. The van der Waals surface area contributed by atoms with Crippen LogP contribution in [0.25, 0.3) is 0 Å². The van der Waals surface area contributed by atoms with Gasteiger partial charge in [-0.1, -0.05) is 18.2 Å². The molecule has 0 bridgehead atoms. The number of benzene rings is 1. The molecule has 0 aliphatic carbocycles. The van der Waals surface area contributed by atoms with E-state index in [2.05, 4.69) is 4.29 Å². The first-order valence-corrected chi connectivity index (χ1v) is 2.58. The normalized spacial score (nSPS) is 7.67. The van der Waals surface area contributed by atoms with Crippen LogP contribution in [0.2, 0.25) is 0 Å². The quantitative estimate of drug-likeness (QED) is 0.773. The molecule has 0 heterocycles. The average molecular weight is 312 g/mol. The van der Waals surface area contributed by atoms with Gasteiger partial charge < -0.3 is 4.29 Å². The second-order valence-corrected chi connectivity index (χ2v) is 1.54. The van der Waals surface area contributed by atoms with Crippen molar-refractivity contribution in [1.82, 2.24) is 0 Å². The molecule has 0 aliphatic rings. The maximum absolute atomic E-state index is 5.03. The van der Waals surface area contributed by atoms with Gasteiger partial charge in [0.15, 0.2) is 0 Å². The van der Waals surface area contributed by atoms with Crippen molar-refractivity contribution in [1.29, 1.82) is 0 Å². The van der Waals surface area contributed by atoms with Crippen LogP contribution in [0.15, 0.2) is 30.3 Å². The van der Waals surface area contributed by atoms with Gasteiger partial charge in [0.1, 0.15) is 17.6 Å². The molecule has 9 heavy (non-hydrogen) atoms. The molecule has 0 radical (unpaired) electrons. The van der Waals surface area contributed by atoms with Crippen LogP contribution in [0, 0.1) is 0 Å². The van der Waals surface area contributed by atoms with Gasteiger partial charge in [0, 0.05) is 21.1 Å². The minimum Gasteiger partial charge on any atom is -0.386 e. The summed E-state index contributed by atoms with van der Waals surface area (Å²) in [6, 6.07) is 9.19. The molecule has 0 N–H and O–H groups in total. The topological polar surface area (TPSA) is 9.23 Å². The van der Waals surface area contributed by atoms with Crippen molar-refractivity contribution in [3.63, 3.8) is 0 Å². The molecule has 0 saturated carbocycles. The molecular formula is C6H5ClOW. The van der Waals surface area contributed by atoms with Crippen molar-refractivity contribution in [3.8, 4) is 5.75 Å². The van der Waals surface area contributed by atoms with E-state index in [1.165, 1.54) is 0 Å². The van der Waals surface area contributed by atoms with Crippen molar-refractivity contribution in [2.45, 2.75) is 0 Å². The number of hydrogen-bond acceptors (Lipinski definition) is 1. The predicted molar refractivity (Wildman–Crippen MR) is 32.9 cm³/mol. The first kappa shape index (κ1) is 9.00. The van der Waals surface area contributed by atoms with Gasteiger partial charge in [0.2, 0.25) is 0 Å². The third-order valence-corrected chi connectivity index (χ3v) is 1.01. The third-order valence-electron chi connectivity index (χ3n) is 0.832. The fourth-order valence-electron chi connectivity index (χ4n) is 0.472. The number of rotatable bonds is 1. The molecule has 1 nitrogen and oxygen atoms in total. The van der Waals surface area contributed by atoms with Gasteiger partial charge in [0.25, 0.3) is 0 Å². The number of halogens is 1. The summed E-state index contributed by atoms with van der Waals surface area (Å²) >= 11 is 5.03. The summed E-state index contributed by atoms with van der Waals surface area (Å²) in [5, 5.41) is 0. The molecule has 1 aromatic rings. The van der Waals surface area contributed by atoms with E-state index in [0.717, 1.165) is 0 Å². The Labute approximate surface area is 73.4 Å². The zero-order chi connectivity index (χ0) is 5.82. The smallest absolute Gasteiger partial charge is 0.146 e. The summed E-state index contributed by atoms with van der Waals surface area (Å²) in [7, 11) is 0. The standard InChI is InChI=1S/C6H5ClO.W/c7-8-6-4-2-1-3-5-6;/h1-5H;. The molecule has 0 saturated heterocycles. The summed E-state index contributed by atoms with van der Waals surface area (Å²) in [4.78, 5) is 0. The van der Waals surface area contributed by atoms with Gasteiger partial charge >= 0.3 is 0 Å². The Morgan fingerprint density at radius 3 is 2.00 bits per heavy atom. The average Bonchev–Trinajstić information content (AvgIpc) is 1.90. The summed E-state index contributed by atoms with van der Waals surface area (Å²) in [5.74, 6) is 0.675. The minimum absolute atomic E-state index is 0. The Kier molecular flexibility index (Phi) is 4.84. The fraction of sp³-hybridized carbons (Fsp3) is 0. The minimum atomic E-state index is 0. The van der Waals surface area contributed by atoms with Crippen LogP contribution in [-0.2, 0) is 21.1 Å². The first-order chi connectivity index (χ1) is 3.93. The second kappa shape index (κ2) is 4.84. The molecule has 1 rings (SSSR count). The van der Waals surface area contributed by atoms with Gasteiger partial charge in [-0.25, -0.2) is 0 Å². The van der Waals surface area contributed by atoms with Crippen molar-refractivity contribution in [3.05, 3.63) is 30.3 Å². The number of para-hydroxylation sites is 1. The van der Waals surface area contributed by atoms with Crippen LogP contribution in [0.4, 0.5) is 0 Å². The SMILES string of the molecule is ClOc1ccccc1.[W]. The van der Waals surface area contributed by atoms with Crippen LogP contribution in [-0.4, -0.2) is 0 Å². The molecule has 0 spiro atoms. The zero-order valence-electron chi connectivity index (χ0n) is 4.58. The van der Waals surface area contributed by atoms with Crippen LogP contribution in [0.5, 0.6) is 5.75 Å². The molecule has 0 aliphatic heterocycles. The Balaban J connectivity index is 0.000000640. The van der Waals surface area contributed by atoms with E-state index in [9.17, 15) is 0 Å². The van der Waals surface area contributed by atoms with Crippen LogP contribution >= 0.6 is 11.9 Å². The number of hydrogen-bond donors (Lipinski definition) is 0. The van der Waals surface area contributed by atoms with Gasteiger partial charge in [-0.15, -0.1) is 0 Å². The van der Waals surface area contributed by atoms with Gasteiger partial charge in [-0.3, -0.25) is 0 Å². The second-order valence-electron chi connectivity index (χ2n) is 1.39. The molecule has 0 amide bonds. The molecule has 0 unspecified atom stereocenters. The monoisotopic (exact) mass is 312 g/mol. The predicted octanol–water partition coefficient (Wildman–Crippen LogP) is 2.22. The Morgan fingerprint density at radius 2 is 1.67 bits per heavy atom. The van der Waals surface area contributed by atoms with Crippen LogP contribution < -0.4 is 4.29 Å². The summed E-state index contributed by atoms with van der Waals surface area (Å²) in [6.45, 7) is 0. The maximum atomic E-state index is 5.03. The van der Waals surface area contributed by atoms with E-state index in [4.69, 9.17) is 11.9 Å². The van der Waals surface area contributed by atoms with E-state index < -0.39 is 0 Å². The molecule has 0 fully saturated rings. The zero-order valence-corrected chi connectivity index (χ0v) is 8.27. The molecule has 0 aromatic heterocycles. The Hall–Kier alpha value is -0.00169. The van der Waals surface area contributed by atoms with Crippen molar-refractivity contribution in [2.75, 3.05) is 0 Å². The van der Waals surface area contributed by atoms with Crippen molar-refractivity contribution >= 4 is 11.9 Å². The van der Waals surface area contributed by atoms with E-state index in [1.54, 1.807) is 12.1 Å². The third kappa shape index (κ3) is 2.88. The summed E-state index contributed by atoms with van der Waals surface area (Å²) in [6.07, 6.45) is 0. The maximum Gasteiger partial charge on any atom is 0.146 e. The van der Waals surface area contributed by atoms with Crippen LogP contribution in [0.1, 0.15) is 0 Å². The van der Waals surface area contributed by atoms with E-state index >= 15 is 0 Å². The Morgan fingerprint density at radius 1 is 1.11 bits per heavy atom. The summed E-state index contributed by atoms with van der Waals surface area (Å²) in [5.41, 5.74) is 0.